The van der Waals surface area contributed by atoms with Crippen molar-refractivity contribution in [2.24, 2.45) is 7.05 Å². The number of methoxy groups -OCH3 is 1. The Kier molecular flexibility index (Phi) is 7.11. The number of tetrazole rings is 1. The van der Waals surface area contributed by atoms with Crippen LogP contribution >= 0.6 is 23.5 Å². The van der Waals surface area contributed by atoms with Crippen molar-refractivity contribution in [2.75, 3.05) is 18.6 Å². The highest BCUT2D eigenvalue weighted by atomic mass is 32.2. The van der Waals surface area contributed by atoms with Crippen molar-refractivity contribution in [3.8, 4) is 5.75 Å². The number of β-lactam (4-membered cyclic amide) rings is 1. The molecule has 2 aromatic rings. The van der Waals surface area contributed by atoms with Crippen LogP contribution in [0.3, 0.4) is 0 Å². The van der Waals surface area contributed by atoms with E-state index in [0.29, 0.717) is 16.8 Å². The number of halogens is 1. The Morgan fingerprint density at radius 1 is 1.38 bits per heavy atom. The Morgan fingerprint density at radius 3 is 2.68 bits per heavy atom. The summed E-state index contributed by atoms with van der Waals surface area (Å²) in [5.74, 6) is -8.67. The monoisotopic (exact) mass is 554 g/mol. The summed E-state index contributed by atoms with van der Waals surface area (Å²) in [6.07, 6.45) is 0. The number of fused-ring (bicyclic) bond motifs is 1. The Labute approximate surface area is 215 Å². The van der Waals surface area contributed by atoms with Crippen molar-refractivity contribution in [3.63, 3.8) is 0 Å². The van der Waals surface area contributed by atoms with Crippen molar-refractivity contribution < 1.29 is 43.6 Å². The number of aromatic nitrogens is 4. The van der Waals surface area contributed by atoms with Gasteiger partial charge in [-0.15, -0.1) is 16.9 Å². The molecule has 2 aliphatic rings. The van der Waals surface area contributed by atoms with Gasteiger partial charge in [0, 0.05) is 37.3 Å². The van der Waals surface area contributed by atoms with Gasteiger partial charge in [0.1, 0.15) is 22.6 Å². The molecule has 2 aliphatic heterocycles. The molecule has 0 radical (unpaired) electrons. The molecule has 0 aliphatic carbocycles. The van der Waals surface area contributed by atoms with Crippen LogP contribution in [0.25, 0.3) is 0 Å². The van der Waals surface area contributed by atoms with Gasteiger partial charge in [0.05, 0.1) is 0 Å². The van der Waals surface area contributed by atoms with E-state index >= 15 is 0 Å². The number of hydrogen-bond acceptors (Lipinski definition) is 11. The molecule has 4 N–H and O–H groups in total. The maximum absolute atomic E-state index is 14.4. The number of carboxylic acids is 2. The first-order valence-corrected chi connectivity index (χ1v) is 12.4. The molecule has 0 spiro atoms. The number of phenols is 1. The molecule has 0 saturated carbocycles. The third-order valence-corrected chi connectivity index (χ3v) is 8.17. The van der Waals surface area contributed by atoms with E-state index in [0.717, 1.165) is 35.9 Å². The predicted octanol–water partition coefficient (Wildman–Crippen LogP) is -0.272. The standard InChI is InChI=1S/C20H19FN6O8S2/c1-26-19(23-24-25-26)37-7-8-6-36-18-20(35-2,17(34)27(18)13(8)16(32)33)22-14(29)12(15(30)31)10-4-3-9(28)5-11(10)21/h3-5,12,18,28H,6-7H2,1-2H3,(H,22,29)(H,30,31)(H,32,33)/t12?,18-,20+/m1/s1. The highest BCUT2D eigenvalue weighted by Gasteiger charge is 2.67. The average Bonchev–Trinajstić information content (AvgIpc) is 3.26. The summed E-state index contributed by atoms with van der Waals surface area (Å²) in [6, 6.07) is 2.61. The van der Waals surface area contributed by atoms with Crippen LogP contribution in [-0.2, 0) is 31.0 Å². The number of aryl methyl sites for hydroxylation is 1. The van der Waals surface area contributed by atoms with E-state index in [1.165, 1.54) is 16.4 Å². The minimum Gasteiger partial charge on any atom is -0.508 e. The number of benzene rings is 1. The lowest BCUT2D eigenvalue weighted by Crippen LogP contribution is -2.81. The first-order chi connectivity index (χ1) is 17.5. The topological polar surface area (TPSA) is 197 Å². The second-order valence-electron chi connectivity index (χ2n) is 7.88. The minimum absolute atomic E-state index is 0.143. The number of amides is 2. The Hall–Kier alpha value is -3.70. The zero-order chi connectivity index (χ0) is 27.1. The molecule has 1 saturated heterocycles. The lowest BCUT2D eigenvalue weighted by atomic mass is 9.94. The molecule has 4 rings (SSSR count). The Balaban J connectivity index is 1.60. The van der Waals surface area contributed by atoms with E-state index in [-0.39, 0.29) is 17.2 Å². The molecule has 17 heteroatoms. The summed E-state index contributed by atoms with van der Waals surface area (Å²) in [5, 5.41) is 41.6. The number of ether oxygens (including phenoxy) is 1. The third kappa shape index (κ3) is 4.49. The Bertz CT molecular complexity index is 1340. The van der Waals surface area contributed by atoms with Crippen molar-refractivity contribution in [1.29, 1.82) is 0 Å². The zero-order valence-corrected chi connectivity index (χ0v) is 20.7. The van der Waals surface area contributed by atoms with Crippen molar-refractivity contribution >= 4 is 47.3 Å². The zero-order valence-electron chi connectivity index (χ0n) is 19.1. The van der Waals surface area contributed by atoms with Gasteiger partial charge >= 0.3 is 11.9 Å². The summed E-state index contributed by atoms with van der Waals surface area (Å²) in [6.45, 7) is 0. The summed E-state index contributed by atoms with van der Waals surface area (Å²) >= 11 is 2.27. The van der Waals surface area contributed by atoms with E-state index in [1.807, 2.05) is 0 Å². The van der Waals surface area contributed by atoms with Crippen LogP contribution < -0.4 is 5.32 Å². The molecular formula is C20H19FN6O8S2. The van der Waals surface area contributed by atoms with Gasteiger partial charge in [0.15, 0.2) is 5.92 Å². The number of carbonyl (C=O) groups excluding carboxylic acids is 2. The number of aliphatic carboxylic acids is 2. The van der Waals surface area contributed by atoms with E-state index in [4.69, 9.17) is 4.74 Å². The second-order valence-corrected chi connectivity index (χ2v) is 9.89. The minimum atomic E-state index is -2.09. The maximum atomic E-state index is 14.4. The largest absolute Gasteiger partial charge is 0.508 e. The van der Waals surface area contributed by atoms with Crippen molar-refractivity contribution in [2.45, 2.75) is 22.2 Å². The average molecular weight is 555 g/mol. The highest BCUT2D eigenvalue weighted by Crippen LogP contribution is 2.47. The number of phenolic OH excluding ortho intramolecular Hbond substituents is 1. The summed E-state index contributed by atoms with van der Waals surface area (Å²) < 4.78 is 21.1. The summed E-state index contributed by atoms with van der Waals surface area (Å²) in [7, 11) is 2.72. The first kappa shape index (κ1) is 26.4. The van der Waals surface area contributed by atoms with Crippen LogP contribution in [0, 0.1) is 5.82 Å². The summed E-state index contributed by atoms with van der Waals surface area (Å²) in [4.78, 5) is 51.2. The number of thioether (sulfide) groups is 2. The smallest absolute Gasteiger partial charge is 0.352 e. The molecule has 0 bridgehead atoms. The maximum Gasteiger partial charge on any atom is 0.352 e. The van der Waals surface area contributed by atoms with Crippen LogP contribution in [0.2, 0.25) is 0 Å². The first-order valence-electron chi connectivity index (χ1n) is 10.4. The number of nitrogens with one attached hydrogen (secondary N) is 1. The quantitative estimate of drug-likeness (QED) is 0.137. The molecule has 3 atom stereocenters. The predicted molar refractivity (Wildman–Crippen MR) is 124 cm³/mol. The molecule has 37 heavy (non-hydrogen) atoms. The van der Waals surface area contributed by atoms with Gasteiger partial charge in [0.25, 0.3) is 11.6 Å². The molecule has 1 unspecified atom stereocenters. The van der Waals surface area contributed by atoms with E-state index in [2.05, 4.69) is 20.8 Å². The van der Waals surface area contributed by atoms with Crippen LogP contribution in [0.15, 0.2) is 34.6 Å². The van der Waals surface area contributed by atoms with Gasteiger partial charge in [-0.1, -0.05) is 17.8 Å². The van der Waals surface area contributed by atoms with Crippen LogP contribution in [0.5, 0.6) is 5.75 Å². The van der Waals surface area contributed by atoms with E-state index in [1.54, 1.807) is 7.05 Å². The van der Waals surface area contributed by atoms with Gasteiger partial charge in [-0.25, -0.2) is 13.9 Å². The van der Waals surface area contributed by atoms with E-state index < -0.39 is 57.9 Å². The van der Waals surface area contributed by atoms with Gasteiger partial charge in [-0.05, 0) is 22.1 Å². The molecular weight excluding hydrogens is 535 g/mol. The number of carbonyl (C=O) groups is 4. The molecule has 2 amide bonds. The third-order valence-electron chi connectivity index (χ3n) is 5.70. The fraction of sp³-hybridized carbons (Fsp3) is 0.350. The molecule has 3 heterocycles. The number of carboxylic acid groups (broad SMARTS) is 2. The van der Waals surface area contributed by atoms with Crippen LogP contribution in [0.4, 0.5) is 4.39 Å². The van der Waals surface area contributed by atoms with Gasteiger partial charge < -0.3 is 25.4 Å². The van der Waals surface area contributed by atoms with Crippen molar-refractivity contribution in [1.82, 2.24) is 30.4 Å². The van der Waals surface area contributed by atoms with Crippen molar-refractivity contribution in [3.05, 3.63) is 40.8 Å². The van der Waals surface area contributed by atoms with Gasteiger partial charge in [0.2, 0.25) is 11.1 Å². The van der Waals surface area contributed by atoms with Gasteiger partial charge in [-0.3, -0.25) is 19.3 Å². The van der Waals surface area contributed by atoms with Crippen LogP contribution in [-0.4, -0.2) is 93.9 Å². The van der Waals surface area contributed by atoms with E-state index in [9.17, 15) is 38.9 Å². The number of nitrogens with zero attached hydrogens (tertiary/aromatic N) is 5. The second kappa shape index (κ2) is 9.98. The molecule has 1 fully saturated rings. The molecule has 14 nitrogen and oxygen atoms in total. The lowest BCUT2D eigenvalue weighted by Gasteiger charge is -2.56. The SMILES string of the molecule is CO[C@@]1(NC(=O)C(C(=O)O)c2ccc(O)cc2F)C(=O)N2C(C(=O)O)=C(CSc3nnnn3C)CS[C@@H]21. The number of hydrogen-bond donors (Lipinski definition) is 4. The molecule has 196 valence electrons. The fourth-order valence-corrected chi connectivity index (χ4v) is 6.37. The van der Waals surface area contributed by atoms with Crippen LogP contribution in [0.1, 0.15) is 11.5 Å². The Morgan fingerprint density at radius 2 is 2.11 bits per heavy atom. The fourth-order valence-electron chi connectivity index (χ4n) is 3.94. The number of rotatable bonds is 9. The molecule has 1 aromatic heterocycles. The molecule has 1 aromatic carbocycles. The summed E-state index contributed by atoms with van der Waals surface area (Å²) in [5.41, 5.74) is -2.52. The lowest BCUT2D eigenvalue weighted by molar-refractivity contribution is -0.193. The van der Waals surface area contributed by atoms with Gasteiger partial charge in [-0.2, -0.15) is 0 Å². The highest BCUT2D eigenvalue weighted by molar-refractivity contribution is 8.01. The number of aromatic hydroxyl groups is 1. The normalized spacial score (nSPS) is 21.8.